The zero-order valence-corrected chi connectivity index (χ0v) is 23.2. The summed E-state index contributed by atoms with van der Waals surface area (Å²) in [5.74, 6) is -0.654. The molecule has 2 fully saturated rings. The number of likely N-dealkylation sites (tertiary alicyclic amines) is 1. The number of fused-ring (bicyclic) bond motifs is 1. The lowest BCUT2D eigenvalue weighted by atomic mass is 10.1. The molecule has 0 aliphatic carbocycles. The Kier molecular flexibility index (Phi) is 8.39. The smallest absolute Gasteiger partial charge is 0.341 e. The predicted molar refractivity (Wildman–Crippen MR) is 151 cm³/mol. The van der Waals surface area contributed by atoms with Crippen LogP contribution in [0.1, 0.15) is 41.6 Å². The summed E-state index contributed by atoms with van der Waals surface area (Å²) >= 11 is 0. The number of carboxylic acids is 1. The van der Waals surface area contributed by atoms with Crippen LogP contribution in [0.3, 0.4) is 0 Å². The molecule has 1 aromatic carbocycles. The number of nitrogens with one attached hydrogen (secondary N) is 1. The highest BCUT2D eigenvalue weighted by Crippen LogP contribution is 2.28. The zero-order valence-electron chi connectivity index (χ0n) is 23.2. The van der Waals surface area contributed by atoms with Crippen molar-refractivity contribution in [2.24, 2.45) is 0 Å². The van der Waals surface area contributed by atoms with Gasteiger partial charge >= 0.3 is 5.97 Å². The molecule has 12 heteroatoms. The minimum atomic E-state index is -1.40. The van der Waals surface area contributed by atoms with Crippen molar-refractivity contribution in [2.45, 2.75) is 38.3 Å². The number of hydrogen-bond donors (Lipinski definition) is 2. The Balaban J connectivity index is 1.39. The monoisotopic (exact) mass is 567 g/mol. The topological polar surface area (TPSA) is 126 Å². The van der Waals surface area contributed by atoms with Crippen molar-refractivity contribution in [3.05, 3.63) is 57.6 Å². The van der Waals surface area contributed by atoms with E-state index in [0.29, 0.717) is 36.6 Å². The van der Waals surface area contributed by atoms with Crippen molar-refractivity contribution in [2.75, 3.05) is 51.8 Å². The first-order valence-electron chi connectivity index (χ1n) is 13.7. The van der Waals surface area contributed by atoms with E-state index in [9.17, 15) is 19.5 Å². The molecule has 3 aromatic rings. The number of halogens is 1. The molecule has 2 N–H and O–H groups in total. The van der Waals surface area contributed by atoms with Gasteiger partial charge in [0.25, 0.3) is 0 Å². The number of hydrogen-bond acceptors (Lipinski definition) is 8. The van der Waals surface area contributed by atoms with Crippen LogP contribution in [0.5, 0.6) is 11.5 Å². The van der Waals surface area contributed by atoms with Gasteiger partial charge in [0.1, 0.15) is 22.7 Å². The molecule has 218 valence electrons. The van der Waals surface area contributed by atoms with E-state index in [4.69, 9.17) is 9.47 Å². The fourth-order valence-corrected chi connectivity index (χ4v) is 5.57. The molecule has 0 spiro atoms. The summed E-state index contributed by atoms with van der Waals surface area (Å²) in [5, 5.41) is 13.1. The van der Waals surface area contributed by atoms with Crippen molar-refractivity contribution in [1.29, 1.82) is 0 Å². The van der Waals surface area contributed by atoms with Crippen LogP contribution in [-0.2, 0) is 11.3 Å². The number of aromatic carboxylic acids is 1. The van der Waals surface area contributed by atoms with Crippen molar-refractivity contribution >= 4 is 28.7 Å². The van der Waals surface area contributed by atoms with E-state index in [-0.39, 0.29) is 35.3 Å². The van der Waals surface area contributed by atoms with E-state index in [2.05, 4.69) is 10.3 Å². The lowest BCUT2D eigenvalue weighted by molar-refractivity contribution is -0.127. The lowest BCUT2D eigenvalue weighted by Gasteiger charge is -2.21. The van der Waals surface area contributed by atoms with Gasteiger partial charge in [-0.25, -0.2) is 14.2 Å². The first-order valence-corrected chi connectivity index (χ1v) is 13.7. The summed E-state index contributed by atoms with van der Waals surface area (Å²) in [6.07, 6.45) is 4.43. The SMILES string of the molecule is COc1ccc(Cn2cc(C(=O)O)c(=O)c3cc(F)c(N4CCC(NCCCN5CCCC5=O)C4)nc32)c(OC)c1. The molecule has 41 heavy (non-hydrogen) atoms. The van der Waals surface area contributed by atoms with E-state index >= 15 is 4.39 Å². The summed E-state index contributed by atoms with van der Waals surface area (Å²) in [7, 11) is 3.05. The normalized spacial score (nSPS) is 17.0. The molecule has 4 heterocycles. The number of ether oxygens (including phenoxy) is 2. The van der Waals surface area contributed by atoms with Crippen molar-refractivity contribution in [3.63, 3.8) is 0 Å². The number of nitrogens with zero attached hydrogens (tertiary/aromatic N) is 4. The van der Waals surface area contributed by atoms with E-state index < -0.39 is 22.8 Å². The van der Waals surface area contributed by atoms with Gasteiger partial charge in [0.2, 0.25) is 11.3 Å². The van der Waals surface area contributed by atoms with E-state index in [0.717, 1.165) is 45.0 Å². The average Bonchev–Trinajstić information content (AvgIpc) is 3.61. The van der Waals surface area contributed by atoms with Gasteiger partial charge < -0.3 is 34.3 Å². The van der Waals surface area contributed by atoms with Gasteiger partial charge in [0, 0.05) is 56.5 Å². The molecular formula is C29H34FN5O6. The van der Waals surface area contributed by atoms with Crippen LogP contribution in [0, 0.1) is 5.82 Å². The number of carbonyl (C=O) groups is 2. The van der Waals surface area contributed by atoms with Crippen LogP contribution < -0.4 is 25.1 Å². The molecule has 2 aliphatic heterocycles. The average molecular weight is 568 g/mol. The highest BCUT2D eigenvalue weighted by molar-refractivity contribution is 5.92. The van der Waals surface area contributed by atoms with Gasteiger partial charge in [-0.05, 0) is 44.0 Å². The molecule has 2 aromatic heterocycles. The largest absolute Gasteiger partial charge is 0.497 e. The maximum atomic E-state index is 15.4. The Morgan fingerprint density at radius 3 is 2.73 bits per heavy atom. The molecule has 1 atom stereocenters. The Bertz CT molecular complexity index is 1530. The summed E-state index contributed by atoms with van der Waals surface area (Å²) in [4.78, 5) is 45.0. The van der Waals surface area contributed by atoms with Gasteiger partial charge in [0.15, 0.2) is 11.6 Å². The number of pyridine rings is 2. The van der Waals surface area contributed by atoms with Gasteiger partial charge in [-0.15, -0.1) is 0 Å². The second-order valence-corrected chi connectivity index (χ2v) is 10.4. The standard InChI is InChI=1S/C29H34FN5O6/c1-40-20-7-6-18(24(13-20)41-2)15-35-17-22(29(38)39)26(37)21-14-23(30)28(32-27(21)35)34-12-8-19(16-34)31-9-4-11-33-10-3-5-25(33)36/h6-7,13-14,17,19,31H,3-5,8-12,15-16H2,1-2H3,(H,38,39). The molecule has 1 unspecified atom stereocenters. The molecular weight excluding hydrogens is 533 g/mol. The highest BCUT2D eigenvalue weighted by Gasteiger charge is 2.27. The van der Waals surface area contributed by atoms with Crippen LogP contribution in [0.2, 0.25) is 0 Å². The Hall–Kier alpha value is -4.19. The second-order valence-electron chi connectivity index (χ2n) is 10.4. The maximum Gasteiger partial charge on any atom is 0.341 e. The quantitative estimate of drug-likeness (QED) is 0.336. The Morgan fingerprint density at radius 2 is 2.02 bits per heavy atom. The summed E-state index contributed by atoms with van der Waals surface area (Å²) in [5.41, 5.74) is -0.384. The number of amides is 1. The fourth-order valence-electron chi connectivity index (χ4n) is 5.57. The molecule has 5 rings (SSSR count). The van der Waals surface area contributed by atoms with Crippen molar-refractivity contribution in [3.8, 4) is 11.5 Å². The Morgan fingerprint density at radius 1 is 1.20 bits per heavy atom. The Labute approximate surface area is 236 Å². The molecule has 0 radical (unpaired) electrons. The first kappa shape index (κ1) is 28.3. The minimum Gasteiger partial charge on any atom is -0.497 e. The fraction of sp³-hybridized carbons (Fsp3) is 0.448. The summed E-state index contributed by atoms with van der Waals surface area (Å²) < 4.78 is 27.7. The summed E-state index contributed by atoms with van der Waals surface area (Å²) in [6.45, 7) is 3.54. The number of carboxylic acid groups (broad SMARTS) is 1. The van der Waals surface area contributed by atoms with Crippen molar-refractivity contribution in [1.82, 2.24) is 19.8 Å². The first-order chi connectivity index (χ1) is 19.8. The predicted octanol–water partition coefficient (Wildman–Crippen LogP) is 2.48. The molecule has 2 saturated heterocycles. The number of carbonyl (C=O) groups excluding carboxylic acids is 1. The van der Waals surface area contributed by atoms with Crippen LogP contribution in [0.4, 0.5) is 10.2 Å². The van der Waals surface area contributed by atoms with Gasteiger partial charge in [0.05, 0.1) is 26.2 Å². The van der Waals surface area contributed by atoms with Crippen LogP contribution in [0.25, 0.3) is 11.0 Å². The number of aromatic nitrogens is 2. The summed E-state index contributed by atoms with van der Waals surface area (Å²) in [6, 6.07) is 6.45. The van der Waals surface area contributed by atoms with E-state index in [1.807, 2.05) is 9.80 Å². The van der Waals surface area contributed by atoms with Crippen LogP contribution in [-0.4, -0.2) is 84.4 Å². The number of methoxy groups -OCH3 is 2. The number of anilines is 1. The van der Waals surface area contributed by atoms with Crippen LogP contribution >= 0.6 is 0 Å². The van der Waals surface area contributed by atoms with Crippen LogP contribution in [0.15, 0.2) is 35.3 Å². The molecule has 11 nitrogen and oxygen atoms in total. The maximum absolute atomic E-state index is 15.4. The molecule has 0 bridgehead atoms. The lowest BCUT2D eigenvalue weighted by Crippen LogP contribution is -2.35. The molecule has 0 saturated carbocycles. The zero-order chi connectivity index (χ0) is 29.1. The van der Waals surface area contributed by atoms with E-state index in [1.165, 1.54) is 20.4 Å². The third-order valence-corrected chi connectivity index (χ3v) is 7.75. The molecule has 2 aliphatic rings. The van der Waals surface area contributed by atoms with Crippen molar-refractivity contribution < 1.29 is 28.6 Å². The van der Waals surface area contributed by atoms with Gasteiger partial charge in [-0.1, -0.05) is 0 Å². The van der Waals surface area contributed by atoms with Gasteiger partial charge in [-0.2, -0.15) is 0 Å². The van der Waals surface area contributed by atoms with E-state index in [1.54, 1.807) is 22.8 Å². The van der Waals surface area contributed by atoms with Gasteiger partial charge in [-0.3, -0.25) is 9.59 Å². The second kappa shape index (κ2) is 12.1. The number of rotatable bonds is 11. The molecule has 1 amide bonds. The number of benzene rings is 1. The highest BCUT2D eigenvalue weighted by atomic mass is 19.1. The minimum absolute atomic E-state index is 0.107. The third kappa shape index (κ3) is 5.97. The third-order valence-electron chi connectivity index (χ3n) is 7.75.